The second-order valence-electron chi connectivity index (χ2n) is 4.83. The fourth-order valence-electron chi connectivity index (χ4n) is 1.77. The second kappa shape index (κ2) is 8.66. The van der Waals surface area contributed by atoms with E-state index in [1.54, 1.807) is 11.8 Å². The number of thioether (sulfide) groups is 1. The Morgan fingerprint density at radius 1 is 1.57 bits per heavy atom. The summed E-state index contributed by atoms with van der Waals surface area (Å²) in [6.45, 7) is 4.82. The Morgan fingerprint density at radius 2 is 2.29 bits per heavy atom. The summed E-state index contributed by atoms with van der Waals surface area (Å²) in [6, 6.07) is 0.171. The summed E-state index contributed by atoms with van der Waals surface area (Å²) in [5.74, 6) is 1.80. The summed E-state index contributed by atoms with van der Waals surface area (Å²) in [4.78, 5) is 20.9. The number of aromatic nitrogens is 2. The van der Waals surface area contributed by atoms with Gasteiger partial charge in [-0.05, 0) is 31.8 Å². The van der Waals surface area contributed by atoms with Crippen LogP contribution in [-0.2, 0) is 0 Å². The minimum atomic E-state index is -0.434. The predicted molar refractivity (Wildman–Crippen MR) is 88.3 cm³/mol. The fourth-order valence-corrected chi connectivity index (χ4v) is 2.34. The number of hydrogen-bond acceptors (Lipinski definition) is 7. The van der Waals surface area contributed by atoms with Crippen LogP contribution >= 0.6 is 11.8 Å². The fraction of sp³-hybridized carbons (Fsp3) is 0.692. The molecular weight excluding hydrogens is 290 g/mol. The summed E-state index contributed by atoms with van der Waals surface area (Å²) in [7, 11) is 1.84. The van der Waals surface area contributed by atoms with Gasteiger partial charge in [0.25, 0.3) is 0 Å². The number of nitro groups is 1. The molecule has 8 heteroatoms. The molecular formula is C13H23N5O2S. The van der Waals surface area contributed by atoms with E-state index in [1.165, 1.54) is 6.20 Å². The van der Waals surface area contributed by atoms with Crippen molar-refractivity contribution >= 4 is 29.2 Å². The molecule has 0 aromatic carbocycles. The average Bonchev–Trinajstić information content (AvgIpc) is 2.49. The van der Waals surface area contributed by atoms with Crippen LogP contribution in [0.2, 0.25) is 0 Å². The summed E-state index contributed by atoms with van der Waals surface area (Å²) >= 11 is 1.76. The minimum absolute atomic E-state index is 0.0597. The Bertz CT molecular complexity index is 472. The van der Waals surface area contributed by atoms with Crippen LogP contribution < -0.4 is 10.2 Å². The molecule has 1 unspecified atom stereocenters. The van der Waals surface area contributed by atoms with Gasteiger partial charge in [0.15, 0.2) is 0 Å². The first-order valence-electron chi connectivity index (χ1n) is 6.98. The monoisotopic (exact) mass is 313 g/mol. The van der Waals surface area contributed by atoms with E-state index in [1.807, 2.05) is 32.1 Å². The molecule has 0 spiro atoms. The number of nitrogens with zero attached hydrogens (tertiary/aromatic N) is 4. The van der Waals surface area contributed by atoms with E-state index in [2.05, 4.69) is 15.3 Å². The van der Waals surface area contributed by atoms with Crippen molar-refractivity contribution in [3.8, 4) is 0 Å². The zero-order valence-electron chi connectivity index (χ0n) is 13.0. The number of nitrogens with one attached hydrogen (secondary N) is 1. The first-order valence-corrected chi connectivity index (χ1v) is 8.37. The van der Waals surface area contributed by atoms with E-state index in [9.17, 15) is 10.1 Å². The predicted octanol–water partition coefficient (Wildman–Crippen LogP) is 2.78. The van der Waals surface area contributed by atoms with Crippen LogP contribution in [0.4, 0.5) is 17.5 Å². The third kappa shape index (κ3) is 5.04. The van der Waals surface area contributed by atoms with Crippen LogP contribution in [0.25, 0.3) is 0 Å². The number of anilines is 2. The molecule has 1 rings (SSSR count). The van der Waals surface area contributed by atoms with Gasteiger partial charge in [0.05, 0.1) is 4.92 Å². The molecule has 0 amide bonds. The SMILES string of the molecule is CCCNc1ncc([N+](=O)[O-])c(N(C)C(C)CCSC)n1. The molecule has 0 bridgehead atoms. The van der Waals surface area contributed by atoms with Crippen LogP contribution in [-0.4, -0.2) is 46.5 Å². The molecule has 0 fully saturated rings. The standard InChI is InChI=1S/C13H23N5O2S/c1-5-7-14-13-15-9-11(18(19)20)12(16-13)17(3)10(2)6-8-21-4/h9-10H,5-8H2,1-4H3,(H,14,15,16). The Hall–Kier alpha value is -1.57. The van der Waals surface area contributed by atoms with Crippen molar-refractivity contribution in [2.75, 3.05) is 35.8 Å². The highest BCUT2D eigenvalue weighted by Gasteiger charge is 2.23. The average molecular weight is 313 g/mol. The molecule has 1 N–H and O–H groups in total. The molecule has 7 nitrogen and oxygen atoms in total. The third-order valence-electron chi connectivity index (χ3n) is 3.21. The van der Waals surface area contributed by atoms with Crippen molar-refractivity contribution in [3.63, 3.8) is 0 Å². The van der Waals surface area contributed by atoms with Gasteiger partial charge in [-0.3, -0.25) is 10.1 Å². The van der Waals surface area contributed by atoms with E-state index < -0.39 is 4.92 Å². The Balaban J connectivity index is 3.01. The molecule has 0 aliphatic carbocycles. The Kier molecular flexibility index (Phi) is 7.21. The summed E-state index contributed by atoms with van der Waals surface area (Å²) in [6.07, 6.45) is 5.21. The van der Waals surface area contributed by atoms with Gasteiger partial charge in [0.2, 0.25) is 11.8 Å². The molecule has 0 aliphatic rings. The largest absolute Gasteiger partial charge is 0.354 e. The maximum absolute atomic E-state index is 11.2. The van der Waals surface area contributed by atoms with Gasteiger partial charge in [-0.1, -0.05) is 6.92 Å². The smallest absolute Gasteiger partial charge is 0.329 e. The van der Waals surface area contributed by atoms with Gasteiger partial charge < -0.3 is 10.2 Å². The van der Waals surface area contributed by atoms with E-state index >= 15 is 0 Å². The van der Waals surface area contributed by atoms with Gasteiger partial charge in [-0.15, -0.1) is 0 Å². The molecule has 0 aliphatic heterocycles. The van der Waals surface area contributed by atoms with Crippen molar-refractivity contribution in [1.82, 2.24) is 9.97 Å². The molecule has 1 heterocycles. The topological polar surface area (TPSA) is 84.2 Å². The Labute approximate surface area is 129 Å². The first-order chi connectivity index (χ1) is 10.0. The lowest BCUT2D eigenvalue weighted by Crippen LogP contribution is -2.31. The van der Waals surface area contributed by atoms with E-state index in [4.69, 9.17) is 0 Å². The van der Waals surface area contributed by atoms with Crippen LogP contribution in [0.15, 0.2) is 6.20 Å². The number of rotatable bonds is 9. The summed E-state index contributed by atoms with van der Waals surface area (Å²) in [5, 5.41) is 14.2. The van der Waals surface area contributed by atoms with Crippen molar-refractivity contribution < 1.29 is 4.92 Å². The molecule has 1 aromatic rings. The molecule has 0 saturated heterocycles. The van der Waals surface area contributed by atoms with Crippen LogP contribution in [0.5, 0.6) is 0 Å². The quantitative estimate of drug-likeness (QED) is 0.554. The highest BCUT2D eigenvalue weighted by molar-refractivity contribution is 7.98. The van der Waals surface area contributed by atoms with Crippen molar-refractivity contribution in [3.05, 3.63) is 16.3 Å². The maximum Gasteiger partial charge on any atom is 0.329 e. The van der Waals surface area contributed by atoms with Crippen LogP contribution in [0, 0.1) is 10.1 Å². The summed E-state index contributed by atoms with van der Waals surface area (Å²) in [5.41, 5.74) is -0.0597. The van der Waals surface area contributed by atoms with Gasteiger partial charge in [-0.25, -0.2) is 4.98 Å². The Morgan fingerprint density at radius 3 is 2.86 bits per heavy atom. The van der Waals surface area contributed by atoms with Gasteiger partial charge >= 0.3 is 5.69 Å². The highest BCUT2D eigenvalue weighted by atomic mass is 32.2. The highest BCUT2D eigenvalue weighted by Crippen LogP contribution is 2.27. The van der Waals surface area contributed by atoms with Crippen LogP contribution in [0.1, 0.15) is 26.7 Å². The lowest BCUT2D eigenvalue weighted by Gasteiger charge is -2.25. The molecule has 21 heavy (non-hydrogen) atoms. The first kappa shape index (κ1) is 17.5. The third-order valence-corrected chi connectivity index (χ3v) is 3.86. The van der Waals surface area contributed by atoms with Gasteiger partial charge in [0, 0.05) is 19.6 Å². The maximum atomic E-state index is 11.2. The molecule has 0 radical (unpaired) electrons. The van der Waals surface area contributed by atoms with Crippen molar-refractivity contribution in [1.29, 1.82) is 0 Å². The van der Waals surface area contributed by atoms with E-state index in [-0.39, 0.29) is 11.7 Å². The summed E-state index contributed by atoms with van der Waals surface area (Å²) < 4.78 is 0. The normalized spacial score (nSPS) is 12.0. The van der Waals surface area contributed by atoms with E-state index in [0.29, 0.717) is 11.8 Å². The lowest BCUT2D eigenvalue weighted by molar-refractivity contribution is -0.384. The zero-order valence-corrected chi connectivity index (χ0v) is 13.8. The molecule has 0 saturated carbocycles. The zero-order chi connectivity index (χ0) is 15.8. The van der Waals surface area contributed by atoms with Crippen LogP contribution in [0.3, 0.4) is 0 Å². The molecule has 1 aromatic heterocycles. The lowest BCUT2D eigenvalue weighted by atomic mass is 10.2. The van der Waals surface area contributed by atoms with E-state index in [0.717, 1.165) is 25.1 Å². The number of hydrogen-bond donors (Lipinski definition) is 1. The van der Waals surface area contributed by atoms with Gasteiger partial charge in [-0.2, -0.15) is 16.7 Å². The second-order valence-corrected chi connectivity index (χ2v) is 5.81. The van der Waals surface area contributed by atoms with Crippen molar-refractivity contribution in [2.24, 2.45) is 0 Å². The van der Waals surface area contributed by atoms with Gasteiger partial charge in [0.1, 0.15) is 6.20 Å². The molecule has 118 valence electrons. The molecule has 1 atom stereocenters. The van der Waals surface area contributed by atoms with Crippen molar-refractivity contribution in [2.45, 2.75) is 32.7 Å². The minimum Gasteiger partial charge on any atom is -0.354 e.